The van der Waals surface area contributed by atoms with Crippen LogP contribution in [-0.2, 0) is 4.79 Å². The molecule has 2 aliphatic heterocycles. The lowest BCUT2D eigenvalue weighted by atomic mass is 9.81. The predicted molar refractivity (Wildman–Crippen MR) is 155 cm³/mol. The van der Waals surface area contributed by atoms with Crippen LogP contribution in [0.1, 0.15) is 24.0 Å². The molecule has 3 amide bonds. The van der Waals surface area contributed by atoms with Gasteiger partial charge < -0.3 is 16.0 Å². The van der Waals surface area contributed by atoms with Crippen LogP contribution in [0.3, 0.4) is 0 Å². The maximum atomic E-state index is 13.7. The summed E-state index contributed by atoms with van der Waals surface area (Å²) in [6, 6.07) is 24.6. The Labute approximate surface area is 228 Å². The Kier molecular flexibility index (Phi) is 7.30. The van der Waals surface area contributed by atoms with Crippen molar-refractivity contribution in [3.63, 3.8) is 0 Å². The Morgan fingerprint density at radius 2 is 1.59 bits per heavy atom. The van der Waals surface area contributed by atoms with Gasteiger partial charge in [-0.1, -0.05) is 76.2 Å². The maximum absolute atomic E-state index is 13.7. The van der Waals surface area contributed by atoms with E-state index >= 15 is 0 Å². The highest BCUT2D eigenvalue weighted by atomic mass is 79.9. The number of thioether (sulfide) groups is 1. The Hall–Kier alpha value is -3.62. The van der Waals surface area contributed by atoms with E-state index in [2.05, 4.69) is 31.9 Å². The molecule has 5 rings (SSSR count). The summed E-state index contributed by atoms with van der Waals surface area (Å²) < 4.78 is 0.933. The fourth-order valence-electron chi connectivity index (χ4n) is 4.49. The lowest BCUT2D eigenvalue weighted by Gasteiger charge is -2.28. The number of benzene rings is 3. The molecule has 3 aromatic rings. The van der Waals surface area contributed by atoms with E-state index in [-0.39, 0.29) is 17.9 Å². The van der Waals surface area contributed by atoms with E-state index in [9.17, 15) is 9.59 Å². The van der Waals surface area contributed by atoms with Crippen molar-refractivity contribution in [2.45, 2.75) is 19.8 Å². The molecule has 3 aromatic carbocycles. The van der Waals surface area contributed by atoms with Gasteiger partial charge in [-0.25, -0.2) is 9.79 Å². The third-order valence-electron chi connectivity index (χ3n) is 6.28. The van der Waals surface area contributed by atoms with Gasteiger partial charge >= 0.3 is 6.03 Å². The summed E-state index contributed by atoms with van der Waals surface area (Å²) in [6.45, 7) is 3.84. The molecule has 0 bridgehead atoms. The molecule has 186 valence electrons. The second-order valence-electron chi connectivity index (χ2n) is 8.80. The van der Waals surface area contributed by atoms with E-state index in [0.29, 0.717) is 22.7 Å². The number of nitrogens with zero attached hydrogens (tertiary/aromatic N) is 1. The molecule has 0 saturated heterocycles. The van der Waals surface area contributed by atoms with Crippen LogP contribution >= 0.6 is 27.7 Å². The molecular formula is C29H25BrN4O2S. The zero-order valence-electron chi connectivity index (χ0n) is 20.3. The molecule has 3 N–H and O–H groups in total. The molecule has 0 aliphatic carbocycles. The van der Waals surface area contributed by atoms with Crippen molar-refractivity contribution < 1.29 is 9.59 Å². The smallest absolute Gasteiger partial charge is 0.322 e. The average molecular weight is 574 g/mol. The molecular weight excluding hydrogens is 548 g/mol. The third-order valence-corrected chi connectivity index (χ3v) is 7.83. The van der Waals surface area contributed by atoms with E-state index in [4.69, 9.17) is 4.99 Å². The predicted octanol–water partition coefficient (Wildman–Crippen LogP) is 6.99. The quantitative estimate of drug-likeness (QED) is 0.308. The third kappa shape index (κ3) is 5.40. The number of hydrogen-bond acceptors (Lipinski definition) is 4. The summed E-state index contributed by atoms with van der Waals surface area (Å²) in [5.74, 6) is -0.00665. The monoisotopic (exact) mass is 572 g/mol. The Morgan fingerprint density at radius 1 is 0.892 bits per heavy atom. The van der Waals surface area contributed by atoms with Crippen molar-refractivity contribution in [3.8, 4) is 0 Å². The van der Waals surface area contributed by atoms with E-state index in [0.717, 1.165) is 37.6 Å². The Bertz CT molecular complexity index is 1460. The molecule has 8 heteroatoms. The second-order valence-corrected chi connectivity index (χ2v) is 10.7. The lowest BCUT2D eigenvalue weighted by Crippen LogP contribution is -2.32. The van der Waals surface area contributed by atoms with E-state index < -0.39 is 0 Å². The van der Waals surface area contributed by atoms with Crippen molar-refractivity contribution in [1.29, 1.82) is 0 Å². The van der Waals surface area contributed by atoms with Crippen molar-refractivity contribution in [2.24, 2.45) is 4.99 Å². The number of carbonyl (C=O) groups is 2. The number of allylic oxidation sites excluding steroid dienone is 1. The van der Waals surface area contributed by atoms with Gasteiger partial charge in [-0.15, -0.1) is 0 Å². The minimum Gasteiger partial charge on any atom is -0.322 e. The highest BCUT2D eigenvalue weighted by Crippen LogP contribution is 2.45. The van der Waals surface area contributed by atoms with Gasteiger partial charge in [0, 0.05) is 44.5 Å². The van der Waals surface area contributed by atoms with Gasteiger partial charge in [0.05, 0.1) is 5.57 Å². The summed E-state index contributed by atoms with van der Waals surface area (Å²) >= 11 is 4.98. The van der Waals surface area contributed by atoms with Crippen molar-refractivity contribution >= 4 is 56.0 Å². The lowest BCUT2D eigenvalue weighted by molar-refractivity contribution is -0.113. The van der Waals surface area contributed by atoms with Crippen LogP contribution in [-0.4, -0.2) is 22.7 Å². The van der Waals surface area contributed by atoms with Crippen molar-refractivity contribution in [3.05, 3.63) is 117 Å². The second kappa shape index (κ2) is 10.8. The molecule has 0 spiro atoms. The number of para-hydroxylation sites is 1. The Morgan fingerprint density at radius 3 is 2.32 bits per heavy atom. The van der Waals surface area contributed by atoms with Crippen molar-refractivity contribution in [1.82, 2.24) is 5.32 Å². The van der Waals surface area contributed by atoms with Gasteiger partial charge in [0.2, 0.25) is 0 Å². The van der Waals surface area contributed by atoms with Gasteiger partial charge in [0.1, 0.15) is 5.04 Å². The van der Waals surface area contributed by atoms with Crippen LogP contribution in [0.25, 0.3) is 0 Å². The SMILES string of the molecule is CC1=C(C(=O)Nc2ccccc2C)C(c2ccccc2)C2=C(NC(=O)Nc3ccc(Br)cc3)CSC2=N1. The molecule has 37 heavy (non-hydrogen) atoms. The fourth-order valence-corrected chi connectivity index (χ4v) is 5.87. The number of aryl methyl sites for hydroxylation is 1. The van der Waals surface area contributed by atoms with E-state index in [1.807, 2.05) is 92.7 Å². The fraction of sp³-hybridized carbons (Fsp3) is 0.138. The van der Waals surface area contributed by atoms with Crippen LogP contribution in [0.2, 0.25) is 0 Å². The standard InChI is InChI=1S/C29H25BrN4O2S/c1-17-8-6-7-11-22(17)33-27(35)24-18(2)31-28-26(25(24)19-9-4-3-5-10-19)23(16-37-28)34-29(36)32-21-14-12-20(30)13-15-21/h3-15,25H,16H2,1-2H3,(H,33,35)(H2,32,34,36). The van der Waals surface area contributed by atoms with Gasteiger partial charge in [-0.05, 0) is 55.3 Å². The van der Waals surface area contributed by atoms with Gasteiger partial charge in [-0.2, -0.15) is 0 Å². The maximum Gasteiger partial charge on any atom is 0.323 e. The number of aliphatic imine (C=N–C) groups is 1. The molecule has 2 heterocycles. The highest BCUT2D eigenvalue weighted by molar-refractivity contribution is 9.10. The molecule has 0 radical (unpaired) electrons. The number of halogens is 1. The number of fused-ring (bicyclic) bond motifs is 1. The van der Waals surface area contributed by atoms with Crippen LogP contribution in [0, 0.1) is 6.92 Å². The first-order valence-corrected chi connectivity index (χ1v) is 13.6. The number of amides is 3. The van der Waals surface area contributed by atoms with Crippen LogP contribution < -0.4 is 16.0 Å². The summed E-state index contributed by atoms with van der Waals surface area (Å²) in [5.41, 5.74) is 6.25. The number of urea groups is 1. The number of anilines is 2. The van der Waals surface area contributed by atoms with Crippen LogP contribution in [0.15, 0.2) is 111 Å². The minimum atomic E-state index is -0.365. The van der Waals surface area contributed by atoms with Gasteiger partial charge in [-0.3, -0.25) is 4.79 Å². The summed E-state index contributed by atoms with van der Waals surface area (Å²) in [7, 11) is 0. The zero-order valence-corrected chi connectivity index (χ0v) is 22.7. The normalized spacial score (nSPS) is 16.7. The van der Waals surface area contributed by atoms with Gasteiger partial charge in [0.25, 0.3) is 5.91 Å². The molecule has 2 aliphatic rings. The molecule has 0 saturated carbocycles. The van der Waals surface area contributed by atoms with E-state index in [1.165, 1.54) is 0 Å². The average Bonchev–Trinajstić information content (AvgIpc) is 3.28. The van der Waals surface area contributed by atoms with Gasteiger partial charge in [0.15, 0.2) is 0 Å². The summed E-state index contributed by atoms with van der Waals surface area (Å²) in [5, 5.41) is 9.83. The first-order chi connectivity index (χ1) is 17.9. The number of hydrogen-bond donors (Lipinski definition) is 3. The number of carbonyl (C=O) groups excluding carboxylic acids is 2. The summed E-state index contributed by atoms with van der Waals surface area (Å²) in [6.07, 6.45) is 0. The molecule has 1 atom stereocenters. The zero-order chi connectivity index (χ0) is 25.9. The summed E-state index contributed by atoms with van der Waals surface area (Å²) in [4.78, 5) is 31.5. The molecule has 1 unspecified atom stereocenters. The molecule has 6 nitrogen and oxygen atoms in total. The first kappa shape index (κ1) is 25.0. The Balaban J connectivity index is 1.51. The minimum absolute atomic E-state index is 0.202. The number of rotatable bonds is 5. The first-order valence-electron chi connectivity index (χ1n) is 11.8. The van der Waals surface area contributed by atoms with Crippen LogP contribution in [0.4, 0.5) is 16.2 Å². The highest BCUT2D eigenvalue weighted by Gasteiger charge is 2.39. The molecule has 0 aromatic heterocycles. The topological polar surface area (TPSA) is 82.6 Å². The number of nitrogens with one attached hydrogen (secondary N) is 3. The van der Waals surface area contributed by atoms with E-state index in [1.54, 1.807) is 11.8 Å². The van der Waals surface area contributed by atoms with Crippen LogP contribution in [0.5, 0.6) is 0 Å². The van der Waals surface area contributed by atoms with Crippen molar-refractivity contribution in [2.75, 3.05) is 16.4 Å². The molecule has 0 fully saturated rings. The largest absolute Gasteiger partial charge is 0.323 e.